The lowest BCUT2D eigenvalue weighted by atomic mass is 10.1. The molecular weight excluding hydrogens is 288 g/mol. The van der Waals surface area contributed by atoms with Crippen molar-refractivity contribution in [2.75, 3.05) is 0 Å². The number of rotatable bonds is 0. The first-order chi connectivity index (χ1) is 11.4. The fourth-order valence-corrected chi connectivity index (χ4v) is 1.67. The molecule has 3 rings (SSSR count). The van der Waals surface area contributed by atoms with E-state index in [1.54, 1.807) is 0 Å². The number of benzene rings is 3. The van der Waals surface area contributed by atoms with Crippen molar-refractivity contribution in [3.63, 3.8) is 0 Å². The van der Waals surface area contributed by atoms with Crippen molar-refractivity contribution in [2.45, 2.75) is 55.9 Å². The zero-order chi connectivity index (χ0) is 17.9. The van der Waals surface area contributed by atoms with Gasteiger partial charge in [-0.15, -0.1) is 0 Å². The van der Waals surface area contributed by atoms with E-state index >= 15 is 0 Å². The van der Waals surface area contributed by atoms with Crippen LogP contribution in [0.15, 0.2) is 78.9 Å². The highest BCUT2D eigenvalue weighted by Crippen LogP contribution is 2.11. The SMILES string of the molecule is C.CC.CC.CC.Cc1ccccc1.c1ccc2ccccc2c1. The summed E-state index contributed by atoms with van der Waals surface area (Å²) in [5, 5.41) is 2.62. The quantitative estimate of drug-likeness (QED) is 0.388. The molecule has 0 radical (unpaired) electrons. The van der Waals surface area contributed by atoms with Crippen LogP contribution in [0.25, 0.3) is 10.8 Å². The largest absolute Gasteiger partial charge is 0.0776 e. The minimum absolute atomic E-state index is 0. The van der Waals surface area contributed by atoms with Crippen molar-refractivity contribution in [1.82, 2.24) is 0 Å². The fourth-order valence-electron chi connectivity index (χ4n) is 1.67. The third-order valence-electron chi connectivity index (χ3n) is 2.60. The Bertz CT molecular complexity index is 502. The zero-order valence-corrected chi connectivity index (χ0v) is 16.0. The summed E-state index contributed by atoms with van der Waals surface area (Å²) in [6.07, 6.45) is 0. The molecule has 0 N–H and O–H groups in total. The van der Waals surface area contributed by atoms with Gasteiger partial charge in [0.05, 0.1) is 0 Å². The molecule has 0 atom stereocenters. The Labute approximate surface area is 151 Å². The molecule has 0 aliphatic carbocycles. The van der Waals surface area contributed by atoms with E-state index in [4.69, 9.17) is 0 Å². The minimum Gasteiger partial charge on any atom is -0.0776 e. The molecule has 134 valence electrons. The van der Waals surface area contributed by atoms with E-state index in [9.17, 15) is 0 Å². The summed E-state index contributed by atoms with van der Waals surface area (Å²) < 4.78 is 0. The van der Waals surface area contributed by atoms with E-state index in [1.807, 2.05) is 59.7 Å². The third kappa shape index (κ3) is 12.5. The predicted octanol–water partition coefficient (Wildman–Crippen LogP) is 8.55. The van der Waals surface area contributed by atoms with Crippen molar-refractivity contribution in [1.29, 1.82) is 0 Å². The van der Waals surface area contributed by atoms with Gasteiger partial charge in [0.2, 0.25) is 0 Å². The Morgan fingerprint density at radius 1 is 0.417 bits per heavy atom. The van der Waals surface area contributed by atoms with Crippen LogP contribution in [-0.2, 0) is 0 Å². The molecule has 0 amide bonds. The van der Waals surface area contributed by atoms with Crippen molar-refractivity contribution in [2.24, 2.45) is 0 Å². The number of aryl methyl sites for hydroxylation is 1. The van der Waals surface area contributed by atoms with Gasteiger partial charge in [-0.3, -0.25) is 0 Å². The second-order valence-corrected chi connectivity index (χ2v) is 4.00. The number of fused-ring (bicyclic) bond motifs is 1. The molecule has 0 fully saturated rings. The number of hydrogen-bond acceptors (Lipinski definition) is 0. The van der Waals surface area contributed by atoms with Crippen molar-refractivity contribution in [3.05, 3.63) is 84.4 Å². The Kier molecular flexibility index (Phi) is 23.4. The highest BCUT2D eigenvalue weighted by Gasteiger charge is 1.85. The molecule has 0 bridgehead atoms. The van der Waals surface area contributed by atoms with Gasteiger partial charge in [0, 0.05) is 0 Å². The van der Waals surface area contributed by atoms with Gasteiger partial charge in [0.25, 0.3) is 0 Å². The monoisotopic (exact) mass is 326 g/mol. The molecule has 0 aliphatic heterocycles. The fraction of sp³-hybridized carbons (Fsp3) is 0.333. The summed E-state index contributed by atoms with van der Waals surface area (Å²) in [4.78, 5) is 0. The van der Waals surface area contributed by atoms with Crippen LogP contribution in [0.5, 0.6) is 0 Å². The molecule has 0 heteroatoms. The minimum atomic E-state index is 0. The average Bonchev–Trinajstić information content (AvgIpc) is 2.68. The maximum Gasteiger partial charge on any atom is -0.0184 e. The van der Waals surface area contributed by atoms with Crippen LogP contribution < -0.4 is 0 Å². The van der Waals surface area contributed by atoms with E-state index in [-0.39, 0.29) is 7.43 Å². The van der Waals surface area contributed by atoms with Crippen molar-refractivity contribution in [3.8, 4) is 0 Å². The van der Waals surface area contributed by atoms with Crippen molar-refractivity contribution >= 4 is 10.8 Å². The van der Waals surface area contributed by atoms with Crippen LogP contribution in [0, 0.1) is 6.92 Å². The van der Waals surface area contributed by atoms with E-state index in [2.05, 4.69) is 67.6 Å². The molecule has 0 nitrogen and oxygen atoms in total. The predicted molar refractivity (Wildman–Crippen MR) is 116 cm³/mol. The Morgan fingerprint density at radius 2 is 0.667 bits per heavy atom. The Balaban J connectivity index is -0.000000280. The van der Waals surface area contributed by atoms with Gasteiger partial charge in [0.1, 0.15) is 0 Å². The molecule has 24 heavy (non-hydrogen) atoms. The second-order valence-electron chi connectivity index (χ2n) is 4.00. The highest BCUT2D eigenvalue weighted by molar-refractivity contribution is 5.81. The van der Waals surface area contributed by atoms with E-state index in [0.717, 1.165) is 0 Å². The van der Waals surface area contributed by atoms with E-state index < -0.39 is 0 Å². The van der Waals surface area contributed by atoms with Gasteiger partial charge in [-0.2, -0.15) is 0 Å². The zero-order valence-electron chi connectivity index (χ0n) is 16.0. The van der Waals surface area contributed by atoms with Crippen LogP contribution in [0.4, 0.5) is 0 Å². The van der Waals surface area contributed by atoms with Crippen LogP contribution >= 0.6 is 0 Å². The lowest BCUT2D eigenvalue weighted by molar-refractivity contribution is 1.48. The molecule has 0 saturated carbocycles. The molecule has 0 aromatic heterocycles. The second kappa shape index (κ2) is 20.9. The van der Waals surface area contributed by atoms with Gasteiger partial charge >= 0.3 is 0 Å². The molecule has 0 heterocycles. The van der Waals surface area contributed by atoms with Gasteiger partial charge in [-0.25, -0.2) is 0 Å². The average molecular weight is 327 g/mol. The molecule has 0 aliphatic rings. The topological polar surface area (TPSA) is 0 Å². The third-order valence-corrected chi connectivity index (χ3v) is 2.60. The smallest absolute Gasteiger partial charge is 0.0184 e. The maximum absolute atomic E-state index is 2.12. The van der Waals surface area contributed by atoms with E-state index in [0.29, 0.717) is 0 Å². The summed E-state index contributed by atoms with van der Waals surface area (Å²) in [7, 11) is 0. The first-order valence-electron chi connectivity index (χ1n) is 8.82. The Hall–Kier alpha value is -2.08. The molecular formula is C24H38. The van der Waals surface area contributed by atoms with Gasteiger partial charge in [-0.1, -0.05) is 133 Å². The van der Waals surface area contributed by atoms with Gasteiger partial charge in [0.15, 0.2) is 0 Å². The van der Waals surface area contributed by atoms with Crippen molar-refractivity contribution < 1.29 is 0 Å². The summed E-state index contributed by atoms with van der Waals surface area (Å²) in [5.41, 5.74) is 1.32. The first kappa shape index (κ1) is 26.8. The summed E-state index contributed by atoms with van der Waals surface area (Å²) >= 11 is 0. The standard InChI is InChI=1S/C10H8.C7H8.3C2H6.CH4/c1-2-6-10-8-4-3-7-9(10)5-1;1-7-5-3-2-4-6-7;3*1-2;/h1-8H;2-6H,1H3;3*1-2H3;1H4. The summed E-state index contributed by atoms with van der Waals surface area (Å²) in [6.45, 7) is 14.1. The highest BCUT2D eigenvalue weighted by atomic mass is 13.9. The molecule has 0 unspecified atom stereocenters. The van der Waals surface area contributed by atoms with Crippen LogP contribution in [-0.4, -0.2) is 0 Å². The molecule has 3 aromatic carbocycles. The lowest BCUT2D eigenvalue weighted by Crippen LogP contribution is -1.67. The summed E-state index contributed by atoms with van der Waals surface area (Å²) in [6, 6.07) is 27.0. The van der Waals surface area contributed by atoms with Crippen LogP contribution in [0.3, 0.4) is 0 Å². The molecule has 0 spiro atoms. The summed E-state index contributed by atoms with van der Waals surface area (Å²) in [5.74, 6) is 0. The molecule has 3 aromatic rings. The molecule has 0 saturated heterocycles. The van der Waals surface area contributed by atoms with Crippen LogP contribution in [0.1, 0.15) is 54.5 Å². The van der Waals surface area contributed by atoms with Crippen LogP contribution in [0.2, 0.25) is 0 Å². The first-order valence-corrected chi connectivity index (χ1v) is 8.82. The Morgan fingerprint density at radius 3 is 0.875 bits per heavy atom. The normalized spacial score (nSPS) is 7.46. The van der Waals surface area contributed by atoms with E-state index in [1.165, 1.54) is 16.3 Å². The van der Waals surface area contributed by atoms with Gasteiger partial charge in [-0.05, 0) is 17.7 Å². The number of hydrogen-bond donors (Lipinski definition) is 0. The lowest BCUT2D eigenvalue weighted by Gasteiger charge is -1.92. The van der Waals surface area contributed by atoms with Gasteiger partial charge < -0.3 is 0 Å². The maximum atomic E-state index is 2.12.